The smallest absolute Gasteiger partial charge is 0.205 e. The molecule has 0 N–H and O–H groups in total. The summed E-state index contributed by atoms with van der Waals surface area (Å²) in [6.07, 6.45) is -0.849. The van der Waals surface area contributed by atoms with Crippen LogP contribution in [0.3, 0.4) is 0 Å². The number of Topliss-reactive ketones (excluding diaryl/α,β-unsaturated/α-hetero) is 1. The van der Waals surface area contributed by atoms with Gasteiger partial charge in [-0.25, -0.2) is 0 Å². The molecule has 0 bridgehead atoms. The summed E-state index contributed by atoms with van der Waals surface area (Å²) in [5.74, 6) is 0.565. The molecule has 0 aliphatic carbocycles. The van der Waals surface area contributed by atoms with Crippen LogP contribution in [-0.2, 0) is 4.74 Å². The molecule has 1 saturated heterocycles. The molecule has 1 unspecified atom stereocenters. The third-order valence-electron chi connectivity index (χ3n) is 5.04. The third-order valence-corrected chi connectivity index (χ3v) is 5.29. The zero-order chi connectivity index (χ0) is 17.7. The Kier molecular flexibility index (Phi) is 3.42. The van der Waals surface area contributed by atoms with E-state index in [0.29, 0.717) is 16.3 Å². The quantitative estimate of drug-likeness (QED) is 0.590. The average molecular weight is 363 g/mol. The molecule has 3 atom stereocenters. The molecular weight excluding hydrogens is 348 g/mol. The number of ketones is 1. The molecule has 2 aliphatic rings. The SMILES string of the molecule is O=C1c2ccccc2O[C@@H](c2ccccc2)[C@@]12OC2c1ccc(Cl)cc1. The molecule has 0 amide bonds. The lowest BCUT2D eigenvalue weighted by molar-refractivity contribution is 0.0523. The predicted molar refractivity (Wildman–Crippen MR) is 98.6 cm³/mol. The van der Waals surface area contributed by atoms with Crippen molar-refractivity contribution in [2.24, 2.45) is 0 Å². The number of epoxide rings is 1. The van der Waals surface area contributed by atoms with E-state index in [1.807, 2.05) is 72.8 Å². The molecule has 1 fully saturated rings. The predicted octanol–water partition coefficient (Wildman–Crippen LogP) is 5.17. The van der Waals surface area contributed by atoms with Gasteiger partial charge in [0.2, 0.25) is 11.4 Å². The van der Waals surface area contributed by atoms with Gasteiger partial charge in [-0.3, -0.25) is 4.79 Å². The van der Waals surface area contributed by atoms with E-state index in [9.17, 15) is 4.79 Å². The van der Waals surface area contributed by atoms with Gasteiger partial charge in [0.1, 0.15) is 11.9 Å². The normalized spacial score (nSPS) is 26.3. The first kappa shape index (κ1) is 15.6. The molecule has 0 radical (unpaired) electrons. The van der Waals surface area contributed by atoms with Crippen LogP contribution in [0.15, 0.2) is 78.9 Å². The van der Waals surface area contributed by atoms with Crippen LogP contribution in [0.1, 0.15) is 33.7 Å². The van der Waals surface area contributed by atoms with Gasteiger partial charge in [-0.1, -0.05) is 66.2 Å². The third kappa shape index (κ3) is 2.21. The number of para-hydroxylation sites is 1. The Labute approximate surface area is 156 Å². The Morgan fingerprint density at radius 3 is 2.19 bits per heavy atom. The minimum atomic E-state index is -1.04. The summed E-state index contributed by atoms with van der Waals surface area (Å²) in [5.41, 5.74) is 1.37. The summed E-state index contributed by atoms with van der Waals surface area (Å²) in [6.45, 7) is 0. The van der Waals surface area contributed by atoms with E-state index in [1.54, 1.807) is 6.07 Å². The van der Waals surface area contributed by atoms with Crippen molar-refractivity contribution in [3.63, 3.8) is 0 Å². The summed E-state index contributed by atoms with van der Waals surface area (Å²) in [6, 6.07) is 24.5. The molecule has 5 rings (SSSR count). The van der Waals surface area contributed by atoms with Crippen molar-refractivity contribution in [1.82, 2.24) is 0 Å². The first-order chi connectivity index (χ1) is 12.7. The van der Waals surface area contributed by atoms with E-state index in [-0.39, 0.29) is 11.9 Å². The fourth-order valence-corrected chi connectivity index (χ4v) is 3.86. The maximum Gasteiger partial charge on any atom is 0.205 e. The Morgan fingerprint density at radius 2 is 1.42 bits per heavy atom. The van der Waals surface area contributed by atoms with Crippen LogP contribution in [0.5, 0.6) is 5.75 Å². The monoisotopic (exact) mass is 362 g/mol. The van der Waals surface area contributed by atoms with Crippen LogP contribution < -0.4 is 4.74 Å². The van der Waals surface area contributed by atoms with E-state index in [4.69, 9.17) is 21.1 Å². The van der Waals surface area contributed by atoms with Gasteiger partial charge in [-0.05, 0) is 35.4 Å². The molecule has 0 aromatic heterocycles. The van der Waals surface area contributed by atoms with Crippen molar-refractivity contribution >= 4 is 17.4 Å². The maximum absolute atomic E-state index is 13.4. The van der Waals surface area contributed by atoms with Crippen molar-refractivity contribution < 1.29 is 14.3 Å². The van der Waals surface area contributed by atoms with Crippen LogP contribution in [0.2, 0.25) is 5.02 Å². The summed E-state index contributed by atoms with van der Waals surface area (Å²) < 4.78 is 12.4. The van der Waals surface area contributed by atoms with Crippen molar-refractivity contribution in [2.45, 2.75) is 17.8 Å². The van der Waals surface area contributed by atoms with E-state index in [1.165, 1.54) is 0 Å². The number of carbonyl (C=O) groups is 1. The number of hydrogen-bond acceptors (Lipinski definition) is 3. The molecule has 1 spiro atoms. The first-order valence-electron chi connectivity index (χ1n) is 8.49. The molecule has 26 heavy (non-hydrogen) atoms. The number of fused-ring (bicyclic) bond motifs is 1. The maximum atomic E-state index is 13.4. The Hall–Kier alpha value is -2.62. The van der Waals surface area contributed by atoms with Gasteiger partial charge in [0.15, 0.2) is 6.10 Å². The molecule has 128 valence electrons. The minimum Gasteiger partial charge on any atom is -0.481 e. The van der Waals surface area contributed by atoms with E-state index < -0.39 is 11.7 Å². The van der Waals surface area contributed by atoms with Crippen molar-refractivity contribution in [3.05, 3.63) is 101 Å². The van der Waals surface area contributed by atoms with Crippen molar-refractivity contribution in [2.75, 3.05) is 0 Å². The zero-order valence-electron chi connectivity index (χ0n) is 13.8. The highest BCUT2D eigenvalue weighted by Gasteiger charge is 2.71. The van der Waals surface area contributed by atoms with Crippen molar-refractivity contribution in [1.29, 1.82) is 0 Å². The van der Waals surface area contributed by atoms with Gasteiger partial charge in [0, 0.05) is 5.02 Å². The summed E-state index contributed by atoms with van der Waals surface area (Å²) >= 11 is 6.00. The lowest BCUT2D eigenvalue weighted by Crippen LogP contribution is -2.40. The molecular formula is C22H15ClO3. The second kappa shape index (κ2) is 5.70. The highest BCUT2D eigenvalue weighted by Crippen LogP contribution is 2.61. The average Bonchev–Trinajstić information content (AvgIpc) is 3.42. The highest BCUT2D eigenvalue weighted by atomic mass is 35.5. The number of halogens is 1. The van der Waals surface area contributed by atoms with E-state index in [0.717, 1.165) is 11.1 Å². The van der Waals surface area contributed by atoms with Gasteiger partial charge in [-0.15, -0.1) is 0 Å². The number of rotatable bonds is 2. The van der Waals surface area contributed by atoms with Gasteiger partial charge >= 0.3 is 0 Å². The summed E-state index contributed by atoms with van der Waals surface area (Å²) in [4.78, 5) is 13.4. The largest absolute Gasteiger partial charge is 0.481 e. The molecule has 2 aliphatic heterocycles. The lowest BCUT2D eigenvalue weighted by Gasteiger charge is -2.31. The van der Waals surface area contributed by atoms with Gasteiger partial charge in [-0.2, -0.15) is 0 Å². The van der Waals surface area contributed by atoms with Gasteiger partial charge in [0.05, 0.1) is 5.56 Å². The Morgan fingerprint density at radius 1 is 0.769 bits per heavy atom. The van der Waals surface area contributed by atoms with Crippen LogP contribution in [-0.4, -0.2) is 11.4 Å². The first-order valence-corrected chi connectivity index (χ1v) is 8.86. The summed E-state index contributed by atoms with van der Waals surface area (Å²) in [5, 5.41) is 0.652. The molecule has 0 saturated carbocycles. The van der Waals surface area contributed by atoms with Crippen LogP contribution in [0, 0.1) is 0 Å². The van der Waals surface area contributed by atoms with Gasteiger partial charge < -0.3 is 9.47 Å². The second-order valence-electron chi connectivity index (χ2n) is 6.58. The van der Waals surface area contributed by atoms with Crippen LogP contribution in [0.25, 0.3) is 0 Å². The Bertz CT molecular complexity index is 984. The molecule has 2 heterocycles. The molecule has 3 nitrogen and oxygen atoms in total. The van der Waals surface area contributed by atoms with Crippen LogP contribution >= 0.6 is 11.6 Å². The zero-order valence-corrected chi connectivity index (χ0v) is 14.5. The highest BCUT2D eigenvalue weighted by molar-refractivity contribution is 6.30. The molecule has 3 aromatic rings. The summed E-state index contributed by atoms with van der Waals surface area (Å²) in [7, 11) is 0. The second-order valence-corrected chi connectivity index (χ2v) is 7.01. The number of benzene rings is 3. The van der Waals surface area contributed by atoms with Crippen LogP contribution in [0.4, 0.5) is 0 Å². The fraction of sp³-hybridized carbons (Fsp3) is 0.136. The van der Waals surface area contributed by atoms with E-state index >= 15 is 0 Å². The number of hydrogen-bond donors (Lipinski definition) is 0. The topological polar surface area (TPSA) is 38.8 Å². The minimum absolute atomic E-state index is 0.0341. The molecule has 3 aromatic carbocycles. The van der Waals surface area contributed by atoms with Crippen molar-refractivity contribution in [3.8, 4) is 5.75 Å². The number of carbonyl (C=O) groups excluding carboxylic acids is 1. The lowest BCUT2D eigenvalue weighted by atomic mass is 9.81. The fourth-order valence-electron chi connectivity index (χ4n) is 3.73. The standard InChI is InChI=1S/C22H15ClO3/c23-16-12-10-15(11-13-16)21-22(26-21)19(24)17-8-4-5-9-18(17)25-20(22)14-6-2-1-3-7-14/h1-13,20-21H/t20-,21?,22-/m0/s1. The van der Waals surface area contributed by atoms with E-state index in [2.05, 4.69) is 0 Å². The Balaban J connectivity index is 1.64. The van der Waals surface area contributed by atoms with Gasteiger partial charge in [0.25, 0.3) is 0 Å². The number of ether oxygens (including phenoxy) is 2. The molecule has 4 heteroatoms.